The number of aromatic nitrogens is 3. The Morgan fingerprint density at radius 3 is 3.00 bits per heavy atom. The van der Waals surface area contributed by atoms with Gasteiger partial charge >= 0.3 is 0 Å². The van der Waals surface area contributed by atoms with Gasteiger partial charge in [-0.1, -0.05) is 23.7 Å². The maximum atomic E-state index is 6.26. The molecule has 0 amide bonds. The van der Waals surface area contributed by atoms with Crippen LogP contribution in [-0.2, 0) is 19.9 Å². The Morgan fingerprint density at radius 1 is 1.26 bits per heavy atom. The molecule has 4 rings (SSSR count). The highest BCUT2D eigenvalue weighted by Gasteiger charge is 2.17. The van der Waals surface area contributed by atoms with Crippen LogP contribution in [0, 0.1) is 0 Å². The molecule has 2 heterocycles. The molecular formula is C19H16ClN3. The van der Waals surface area contributed by atoms with Crippen molar-refractivity contribution < 1.29 is 0 Å². The van der Waals surface area contributed by atoms with Gasteiger partial charge in [-0.15, -0.1) is 0 Å². The molecule has 0 saturated heterocycles. The van der Waals surface area contributed by atoms with E-state index >= 15 is 0 Å². The van der Waals surface area contributed by atoms with Crippen LogP contribution < -0.4 is 0 Å². The second kappa shape index (κ2) is 5.67. The second-order valence-electron chi connectivity index (χ2n) is 5.86. The van der Waals surface area contributed by atoms with Crippen molar-refractivity contribution in [2.75, 3.05) is 0 Å². The molecule has 3 aromatic rings. The fourth-order valence-corrected chi connectivity index (χ4v) is 3.25. The van der Waals surface area contributed by atoms with E-state index in [0.29, 0.717) is 0 Å². The zero-order chi connectivity index (χ0) is 15.8. The number of allylic oxidation sites excluding steroid dienone is 1. The molecular weight excluding hydrogens is 306 g/mol. The van der Waals surface area contributed by atoms with Crippen LogP contribution in [0.3, 0.4) is 0 Å². The number of imidazole rings is 1. The highest BCUT2D eigenvalue weighted by Crippen LogP contribution is 2.33. The number of rotatable bonds is 2. The van der Waals surface area contributed by atoms with Gasteiger partial charge in [0.15, 0.2) is 0 Å². The van der Waals surface area contributed by atoms with Crippen LogP contribution in [0.15, 0.2) is 49.1 Å². The van der Waals surface area contributed by atoms with Gasteiger partial charge in [0.1, 0.15) is 0 Å². The molecule has 1 aromatic carbocycles. The molecule has 0 radical (unpaired) electrons. The van der Waals surface area contributed by atoms with Crippen LogP contribution in [-0.4, -0.2) is 14.5 Å². The summed E-state index contributed by atoms with van der Waals surface area (Å²) >= 11 is 6.26. The van der Waals surface area contributed by atoms with Gasteiger partial charge in [0, 0.05) is 43.0 Å². The molecule has 1 aliphatic carbocycles. The standard InChI is InChI=1S/C19H16ClN3/c1-23-12-21-11-17(23)8-15-7-14-3-2-6-22-19(14)9-13-4-5-16(20)10-18(13)15/h2-7,10-12H,8-9H2,1H3. The molecule has 0 saturated carbocycles. The summed E-state index contributed by atoms with van der Waals surface area (Å²) in [5, 5.41) is 0.763. The van der Waals surface area contributed by atoms with Gasteiger partial charge in [-0.25, -0.2) is 4.98 Å². The van der Waals surface area contributed by atoms with Gasteiger partial charge < -0.3 is 4.57 Å². The second-order valence-corrected chi connectivity index (χ2v) is 6.30. The first kappa shape index (κ1) is 14.2. The summed E-state index contributed by atoms with van der Waals surface area (Å²) in [4.78, 5) is 8.78. The summed E-state index contributed by atoms with van der Waals surface area (Å²) < 4.78 is 2.06. The first-order valence-electron chi connectivity index (χ1n) is 7.59. The average molecular weight is 322 g/mol. The number of halogens is 1. The summed E-state index contributed by atoms with van der Waals surface area (Å²) in [6.45, 7) is 0. The minimum atomic E-state index is 0.763. The van der Waals surface area contributed by atoms with E-state index in [-0.39, 0.29) is 0 Å². The lowest BCUT2D eigenvalue weighted by molar-refractivity contribution is 0.855. The van der Waals surface area contributed by atoms with Crippen molar-refractivity contribution in [3.8, 4) is 0 Å². The van der Waals surface area contributed by atoms with E-state index in [9.17, 15) is 0 Å². The molecule has 0 fully saturated rings. The third-order valence-electron chi connectivity index (χ3n) is 4.32. The lowest BCUT2D eigenvalue weighted by atomic mass is 9.96. The average Bonchev–Trinajstić information content (AvgIpc) is 2.88. The van der Waals surface area contributed by atoms with Crippen LogP contribution in [0.25, 0.3) is 11.6 Å². The summed E-state index contributed by atoms with van der Waals surface area (Å²) in [7, 11) is 2.02. The lowest BCUT2D eigenvalue weighted by Crippen LogP contribution is -1.99. The molecule has 0 spiro atoms. The maximum absolute atomic E-state index is 6.26. The van der Waals surface area contributed by atoms with Crippen LogP contribution >= 0.6 is 11.6 Å². The van der Waals surface area contributed by atoms with Crippen LogP contribution in [0.5, 0.6) is 0 Å². The van der Waals surface area contributed by atoms with Gasteiger partial charge in [0.05, 0.1) is 12.0 Å². The number of nitrogens with zero attached hydrogens (tertiary/aromatic N) is 3. The number of hydrogen-bond acceptors (Lipinski definition) is 2. The Morgan fingerprint density at radius 2 is 2.17 bits per heavy atom. The molecule has 0 bridgehead atoms. The largest absolute Gasteiger partial charge is 0.337 e. The van der Waals surface area contributed by atoms with Crippen molar-refractivity contribution in [2.24, 2.45) is 7.05 Å². The third kappa shape index (κ3) is 2.68. The zero-order valence-corrected chi connectivity index (χ0v) is 13.6. The van der Waals surface area contributed by atoms with Crippen molar-refractivity contribution in [1.29, 1.82) is 0 Å². The Bertz CT molecular complexity index is 908. The fraction of sp³-hybridized carbons (Fsp3) is 0.158. The van der Waals surface area contributed by atoms with Crippen molar-refractivity contribution in [1.82, 2.24) is 14.5 Å². The summed E-state index contributed by atoms with van der Waals surface area (Å²) in [5.74, 6) is 0. The monoisotopic (exact) mass is 321 g/mol. The Balaban J connectivity index is 1.89. The normalized spacial score (nSPS) is 13.0. The van der Waals surface area contributed by atoms with Crippen LogP contribution in [0.1, 0.15) is 28.1 Å². The van der Waals surface area contributed by atoms with Crippen LogP contribution in [0.2, 0.25) is 5.02 Å². The number of hydrogen-bond donors (Lipinski definition) is 0. The topological polar surface area (TPSA) is 30.7 Å². The SMILES string of the molecule is Cn1cncc1CC1=Cc2cccnc2Cc2ccc(Cl)cc21. The number of aryl methyl sites for hydroxylation is 1. The number of fused-ring (bicyclic) bond motifs is 2. The predicted octanol–water partition coefficient (Wildman–Crippen LogP) is 4.16. The molecule has 23 heavy (non-hydrogen) atoms. The molecule has 0 atom stereocenters. The molecule has 0 aliphatic heterocycles. The van der Waals surface area contributed by atoms with Crippen molar-refractivity contribution in [2.45, 2.75) is 12.8 Å². The van der Waals surface area contributed by atoms with Gasteiger partial charge in [-0.05, 0) is 46.5 Å². The number of pyridine rings is 1. The first-order chi connectivity index (χ1) is 11.2. The smallest absolute Gasteiger partial charge is 0.0945 e. The van der Waals surface area contributed by atoms with Gasteiger partial charge in [-0.2, -0.15) is 0 Å². The fourth-order valence-electron chi connectivity index (χ4n) is 3.07. The molecule has 1 aliphatic rings. The van der Waals surface area contributed by atoms with E-state index < -0.39 is 0 Å². The van der Waals surface area contributed by atoms with Crippen molar-refractivity contribution in [3.63, 3.8) is 0 Å². The zero-order valence-electron chi connectivity index (χ0n) is 12.8. The van der Waals surface area contributed by atoms with Crippen molar-refractivity contribution in [3.05, 3.63) is 82.2 Å². The molecule has 0 N–H and O–H groups in total. The molecule has 4 heteroatoms. The third-order valence-corrected chi connectivity index (χ3v) is 4.55. The first-order valence-corrected chi connectivity index (χ1v) is 7.97. The molecule has 0 unspecified atom stereocenters. The Hall–Kier alpha value is -2.39. The van der Waals surface area contributed by atoms with E-state index in [2.05, 4.69) is 38.8 Å². The quantitative estimate of drug-likeness (QED) is 0.709. The number of benzene rings is 1. The van der Waals surface area contributed by atoms with Crippen LogP contribution in [0.4, 0.5) is 0 Å². The predicted molar refractivity (Wildman–Crippen MR) is 93.3 cm³/mol. The van der Waals surface area contributed by atoms with Gasteiger partial charge in [-0.3, -0.25) is 4.98 Å². The van der Waals surface area contributed by atoms with Crippen molar-refractivity contribution >= 4 is 23.3 Å². The summed E-state index contributed by atoms with van der Waals surface area (Å²) in [6.07, 6.45) is 9.49. The van der Waals surface area contributed by atoms with Gasteiger partial charge in [0.2, 0.25) is 0 Å². The summed E-state index contributed by atoms with van der Waals surface area (Å²) in [5.41, 5.74) is 7.18. The van der Waals surface area contributed by atoms with E-state index in [4.69, 9.17) is 11.6 Å². The molecule has 2 aromatic heterocycles. The lowest BCUT2D eigenvalue weighted by Gasteiger charge is -2.12. The van der Waals surface area contributed by atoms with E-state index in [1.807, 2.05) is 37.9 Å². The van der Waals surface area contributed by atoms with E-state index in [1.54, 1.807) is 0 Å². The minimum Gasteiger partial charge on any atom is -0.337 e. The minimum absolute atomic E-state index is 0.763. The van der Waals surface area contributed by atoms with E-state index in [0.717, 1.165) is 23.6 Å². The van der Waals surface area contributed by atoms with E-state index in [1.165, 1.54) is 28.0 Å². The highest BCUT2D eigenvalue weighted by molar-refractivity contribution is 6.30. The molecule has 3 nitrogen and oxygen atoms in total. The molecule has 114 valence electrons. The van der Waals surface area contributed by atoms with Gasteiger partial charge in [0.25, 0.3) is 0 Å². The Kier molecular flexibility index (Phi) is 3.50. The summed E-state index contributed by atoms with van der Waals surface area (Å²) in [6, 6.07) is 10.2. The Labute approximate surface area is 140 Å². The highest BCUT2D eigenvalue weighted by atomic mass is 35.5. The maximum Gasteiger partial charge on any atom is 0.0945 e.